The molecule has 78 valence electrons. The van der Waals surface area contributed by atoms with Crippen LogP contribution in [0.4, 0.5) is 10.2 Å². The molecule has 0 aromatic carbocycles. The van der Waals surface area contributed by atoms with E-state index in [1.807, 2.05) is 6.92 Å². The molecular weight excluding hydrogens is 185 g/mol. The summed E-state index contributed by atoms with van der Waals surface area (Å²) in [5.74, 6) is -0.244. The lowest BCUT2D eigenvalue weighted by Gasteiger charge is -2.04. The molecule has 14 heavy (non-hydrogen) atoms. The fourth-order valence-electron chi connectivity index (χ4n) is 1.01. The molecular formula is C9H14FN3O. The number of hydrogen-bond acceptors (Lipinski definition) is 4. The van der Waals surface area contributed by atoms with E-state index in [0.29, 0.717) is 12.4 Å². The average Bonchev–Trinajstić information content (AvgIpc) is 2.14. The molecule has 0 aliphatic carbocycles. The third-order valence-electron chi connectivity index (χ3n) is 1.67. The van der Waals surface area contributed by atoms with Gasteiger partial charge in [0.05, 0.1) is 5.69 Å². The minimum Gasteiger partial charge on any atom is -0.381 e. The Labute approximate surface area is 82.3 Å². The Kier molecular flexibility index (Phi) is 3.76. The van der Waals surface area contributed by atoms with Crippen molar-refractivity contribution in [3.05, 3.63) is 17.3 Å². The number of aromatic nitrogens is 2. The van der Waals surface area contributed by atoms with Crippen LogP contribution < -0.4 is 5.73 Å². The van der Waals surface area contributed by atoms with Crippen LogP contribution in [-0.4, -0.2) is 16.6 Å². The lowest BCUT2D eigenvalue weighted by molar-refractivity contribution is 0.116. The summed E-state index contributed by atoms with van der Waals surface area (Å²) in [7, 11) is 0. The highest BCUT2D eigenvalue weighted by Crippen LogP contribution is 2.10. The molecule has 0 bridgehead atoms. The van der Waals surface area contributed by atoms with Gasteiger partial charge in [0, 0.05) is 6.61 Å². The largest absolute Gasteiger partial charge is 0.381 e. The Balaban J connectivity index is 2.69. The van der Waals surface area contributed by atoms with Gasteiger partial charge in [-0.2, -0.15) is 0 Å². The van der Waals surface area contributed by atoms with Gasteiger partial charge in [-0.05, 0) is 13.3 Å². The minimum atomic E-state index is -0.552. The second kappa shape index (κ2) is 4.85. The highest BCUT2D eigenvalue weighted by molar-refractivity contribution is 5.31. The number of nitrogen functional groups attached to an aromatic ring is 1. The van der Waals surface area contributed by atoms with E-state index in [0.717, 1.165) is 6.42 Å². The fourth-order valence-corrected chi connectivity index (χ4v) is 1.01. The monoisotopic (exact) mass is 199 g/mol. The van der Waals surface area contributed by atoms with Crippen LogP contribution in [0.3, 0.4) is 0 Å². The van der Waals surface area contributed by atoms with E-state index in [1.54, 1.807) is 6.92 Å². The first-order valence-electron chi connectivity index (χ1n) is 4.51. The zero-order chi connectivity index (χ0) is 10.6. The molecule has 2 N–H and O–H groups in total. The molecule has 5 heteroatoms. The summed E-state index contributed by atoms with van der Waals surface area (Å²) in [5.41, 5.74) is 5.60. The number of rotatable bonds is 4. The summed E-state index contributed by atoms with van der Waals surface area (Å²) in [6.07, 6.45) is 0.926. The van der Waals surface area contributed by atoms with Gasteiger partial charge >= 0.3 is 0 Å². The van der Waals surface area contributed by atoms with Crippen molar-refractivity contribution < 1.29 is 9.13 Å². The van der Waals surface area contributed by atoms with E-state index < -0.39 is 5.82 Å². The van der Waals surface area contributed by atoms with E-state index in [9.17, 15) is 4.39 Å². The zero-order valence-corrected chi connectivity index (χ0v) is 8.38. The first-order chi connectivity index (χ1) is 6.65. The van der Waals surface area contributed by atoms with Crippen molar-refractivity contribution in [2.75, 3.05) is 12.3 Å². The molecule has 0 amide bonds. The van der Waals surface area contributed by atoms with Crippen LogP contribution in [0.15, 0.2) is 0 Å². The molecule has 0 saturated heterocycles. The topological polar surface area (TPSA) is 61.0 Å². The number of halogens is 1. The summed E-state index contributed by atoms with van der Waals surface area (Å²) in [5, 5.41) is 0. The molecule has 0 atom stereocenters. The van der Waals surface area contributed by atoms with Crippen molar-refractivity contribution in [3.8, 4) is 0 Å². The van der Waals surface area contributed by atoms with E-state index in [-0.39, 0.29) is 18.1 Å². The number of ether oxygens (including phenoxy) is 1. The Bertz CT molecular complexity index is 294. The molecule has 0 unspecified atom stereocenters. The van der Waals surface area contributed by atoms with Crippen LogP contribution in [-0.2, 0) is 11.3 Å². The quantitative estimate of drug-likeness (QED) is 0.745. The second-order valence-corrected chi connectivity index (χ2v) is 2.98. The summed E-state index contributed by atoms with van der Waals surface area (Å²) in [6, 6.07) is 0. The van der Waals surface area contributed by atoms with Gasteiger partial charge in [0.1, 0.15) is 6.61 Å². The first kappa shape index (κ1) is 10.8. The Morgan fingerprint density at radius 3 is 2.71 bits per heavy atom. The molecule has 0 spiro atoms. The van der Waals surface area contributed by atoms with Gasteiger partial charge in [-0.25, -0.2) is 14.4 Å². The number of aryl methyl sites for hydroxylation is 1. The molecule has 1 aromatic rings. The summed E-state index contributed by atoms with van der Waals surface area (Å²) < 4.78 is 18.2. The summed E-state index contributed by atoms with van der Waals surface area (Å²) >= 11 is 0. The van der Waals surface area contributed by atoms with E-state index in [4.69, 9.17) is 10.5 Å². The normalized spacial score (nSPS) is 10.5. The Hall–Kier alpha value is -1.23. The van der Waals surface area contributed by atoms with E-state index in [1.165, 1.54) is 0 Å². The predicted molar refractivity (Wildman–Crippen MR) is 51.1 cm³/mol. The van der Waals surface area contributed by atoms with Gasteiger partial charge in [-0.3, -0.25) is 0 Å². The predicted octanol–water partition coefficient (Wildman–Crippen LogP) is 1.43. The smallest absolute Gasteiger partial charge is 0.186 e. The fraction of sp³-hybridized carbons (Fsp3) is 0.556. The van der Waals surface area contributed by atoms with Crippen molar-refractivity contribution in [1.82, 2.24) is 9.97 Å². The van der Waals surface area contributed by atoms with Crippen LogP contribution in [0.25, 0.3) is 0 Å². The van der Waals surface area contributed by atoms with Gasteiger partial charge in [-0.15, -0.1) is 0 Å². The number of nitrogens with zero attached hydrogens (tertiary/aromatic N) is 2. The third-order valence-corrected chi connectivity index (χ3v) is 1.67. The van der Waals surface area contributed by atoms with Crippen LogP contribution >= 0.6 is 0 Å². The van der Waals surface area contributed by atoms with Crippen LogP contribution in [0, 0.1) is 12.7 Å². The third kappa shape index (κ3) is 2.63. The SMILES string of the molecule is CCCOCc1nc(C)c(F)c(N)n1. The van der Waals surface area contributed by atoms with Crippen molar-refractivity contribution in [3.63, 3.8) is 0 Å². The maximum atomic E-state index is 13.0. The molecule has 1 rings (SSSR count). The zero-order valence-electron chi connectivity index (χ0n) is 8.38. The molecule has 1 heterocycles. The second-order valence-electron chi connectivity index (χ2n) is 2.98. The maximum Gasteiger partial charge on any atom is 0.186 e. The molecule has 4 nitrogen and oxygen atoms in total. The highest BCUT2D eigenvalue weighted by atomic mass is 19.1. The number of nitrogens with two attached hydrogens (primary N) is 1. The maximum absolute atomic E-state index is 13.0. The van der Waals surface area contributed by atoms with Crippen molar-refractivity contribution in [2.45, 2.75) is 26.9 Å². The summed E-state index contributed by atoms with van der Waals surface area (Å²) in [4.78, 5) is 7.69. The van der Waals surface area contributed by atoms with Gasteiger partial charge in [-0.1, -0.05) is 6.92 Å². The van der Waals surface area contributed by atoms with Crippen molar-refractivity contribution >= 4 is 5.82 Å². The van der Waals surface area contributed by atoms with Gasteiger partial charge in [0.15, 0.2) is 17.5 Å². The van der Waals surface area contributed by atoms with Gasteiger partial charge < -0.3 is 10.5 Å². The first-order valence-corrected chi connectivity index (χ1v) is 4.51. The summed E-state index contributed by atoms with van der Waals surface area (Å²) in [6.45, 7) is 4.47. The highest BCUT2D eigenvalue weighted by Gasteiger charge is 2.07. The van der Waals surface area contributed by atoms with Crippen LogP contribution in [0.1, 0.15) is 24.9 Å². The van der Waals surface area contributed by atoms with E-state index in [2.05, 4.69) is 9.97 Å². The van der Waals surface area contributed by atoms with Crippen LogP contribution in [0.5, 0.6) is 0 Å². The lowest BCUT2D eigenvalue weighted by Crippen LogP contribution is -2.07. The lowest BCUT2D eigenvalue weighted by atomic mass is 10.4. The molecule has 0 saturated carbocycles. The molecule has 1 aromatic heterocycles. The van der Waals surface area contributed by atoms with Gasteiger partial charge in [0.25, 0.3) is 0 Å². The van der Waals surface area contributed by atoms with Gasteiger partial charge in [0.2, 0.25) is 0 Å². The molecule has 0 fully saturated rings. The van der Waals surface area contributed by atoms with Crippen molar-refractivity contribution in [1.29, 1.82) is 0 Å². The molecule has 0 aliphatic heterocycles. The molecule has 0 radical (unpaired) electrons. The Morgan fingerprint density at radius 1 is 1.43 bits per heavy atom. The molecule has 0 aliphatic rings. The standard InChI is InChI=1S/C9H14FN3O/c1-3-4-14-5-7-12-6(2)8(10)9(11)13-7/h3-5H2,1-2H3,(H2,11,12,13). The number of hydrogen-bond donors (Lipinski definition) is 1. The van der Waals surface area contributed by atoms with Crippen molar-refractivity contribution in [2.24, 2.45) is 0 Å². The van der Waals surface area contributed by atoms with E-state index >= 15 is 0 Å². The van der Waals surface area contributed by atoms with Crippen LogP contribution in [0.2, 0.25) is 0 Å². The Morgan fingerprint density at radius 2 is 2.14 bits per heavy atom. The minimum absolute atomic E-state index is 0.118. The number of anilines is 1. The average molecular weight is 199 g/mol.